The molecule has 0 N–H and O–H groups in total. The van der Waals surface area contributed by atoms with Crippen molar-refractivity contribution in [1.82, 2.24) is 0 Å². The molecular weight excluding hydrogens is 532 g/mol. The lowest BCUT2D eigenvalue weighted by molar-refractivity contribution is -0.386. The average molecular weight is 571 g/mol. The first-order valence-electron chi connectivity index (χ1n) is 13.2. The zero-order valence-corrected chi connectivity index (χ0v) is 25.3. The molecule has 0 bridgehead atoms. The number of nitrogens with zero attached hydrogens (tertiary/aromatic N) is 2. The predicted molar refractivity (Wildman–Crippen MR) is 154 cm³/mol. The van der Waals surface area contributed by atoms with Crippen molar-refractivity contribution >= 4 is 23.2 Å². The molecule has 0 aromatic heterocycles. The van der Waals surface area contributed by atoms with Crippen molar-refractivity contribution in [3.8, 4) is 11.5 Å². The summed E-state index contributed by atoms with van der Waals surface area (Å²) in [6.07, 6.45) is 3.94. The SMILES string of the molecule is COCC1(C)C=Cc2c(C)c([N+](=O)[O-])c(C)c(C)c2O1.COCC1(C)CC(=O)c2c(C)c([N+](=O)[O-])c(C)c(C)c2O1. The van der Waals surface area contributed by atoms with Gasteiger partial charge in [-0.25, -0.2) is 0 Å². The summed E-state index contributed by atoms with van der Waals surface area (Å²) in [5.41, 5.74) is 3.66. The topological polar surface area (TPSA) is 140 Å². The molecule has 0 saturated heterocycles. The normalized spacial score (nSPS) is 20.7. The second-order valence-corrected chi connectivity index (χ2v) is 11.2. The van der Waals surface area contributed by atoms with Crippen molar-refractivity contribution in [2.24, 2.45) is 0 Å². The molecule has 0 radical (unpaired) electrons. The Morgan fingerprint density at radius 1 is 0.780 bits per heavy atom. The van der Waals surface area contributed by atoms with Crippen molar-refractivity contribution in [2.45, 2.75) is 73.0 Å². The van der Waals surface area contributed by atoms with E-state index in [9.17, 15) is 25.0 Å². The first-order valence-corrected chi connectivity index (χ1v) is 13.2. The Bertz CT molecular complexity index is 1460. The number of ether oxygens (including phenoxy) is 4. The van der Waals surface area contributed by atoms with E-state index in [1.807, 2.05) is 32.9 Å². The van der Waals surface area contributed by atoms with E-state index in [4.69, 9.17) is 18.9 Å². The summed E-state index contributed by atoms with van der Waals surface area (Å²) in [5.74, 6) is 1.03. The maximum absolute atomic E-state index is 12.5. The van der Waals surface area contributed by atoms with Gasteiger partial charge in [0.1, 0.15) is 22.7 Å². The van der Waals surface area contributed by atoms with Crippen molar-refractivity contribution < 1.29 is 33.6 Å². The second-order valence-electron chi connectivity index (χ2n) is 11.2. The number of methoxy groups -OCH3 is 2. The molecule has 2 unspecified atom stereocenters. The average Bonchev–Trinajstić information content (AvgIpc) is 2.85. The van der Waals surface area contributed by atoms with Gasteiger partial charge in [-0.1, -0.05) is 6.08 Å². The number of Topliss-reactive ketones (excluding diaryl/α,β-unsaturated/α-hetero) is 1. The van der Waals surface area contributed by atoms with Crippen LogP contribution in [0.15, 0.2) is 6.08 Å². The van der Waals surface area contributed by atoms with Crippen LogP contribution in [-0.4, -0.2) is 54.3 Å². The number of fused-ring (bicyclic) bond motifs is 2. The standard InChI is InChI=1S/C15H19NO5.C15H19NO4/c1-8-9(2)14-12(10(3)13(8)16(18)19)11(17)6-15(4,21-14)7-20-5;1-9-10(2)14-12(11(3)13(9)16(17)18)6-7-15(4,20-14)8-19-5/h6-7H2,1-5H3;6-7H,8H2,1-5H3. The largest absolute Gasteiger partial charge is 0.484 e. The lowest BCUT2D eigenvalue weighted by atomic mass is 9.86. The van der Waals surface area contributed by atoms with Crippen molar-refractivity contribution in [3.63, 3.8) is 0 Å². The summed E-state index contributed by atoms with van der Waals surface area (Å²) in [6.45, 7) is 14.8. The smallest absolute Gasteiger partial charge is 0.276 e. The monoisotopic (exact) mass is 570 g/mol. The van der Waals surface area contributed by atoms with Gasteiger partial charge in [0.25, 0.3) is 11.4 Å². The lowest BCUT2D eigenvalue weighted by Crippen LogP contribution is -2.43. The van der Waals surface area contributed by atoms with E-state index in [1.165, 1.54) is 0 Å². The fourth-order valence-electron chi connectivity index (χ4n) is 5.56. The zero-order chi connectivity index (χ0) is 31.0. The maximum atomic E-state index is 12.5. The van der Waals surface area contributed by atoms with Crippen LogP contribution >= 0.6 is 0 Å². The number of ketones is 1. The third-order valence-electron chi connectivity index (χ3n) is 7.82. The van der Waals surface area contributed by atoms with Gasteiger partial charge < -0.3 is 18.9 Å². The molecule has 0 spiro atoms. The van der Waals surface area contributed by atoms with Crippen LogP contribution in [0.3, 0.4) is 0 Å². The highest BCUT2D eigenvalue weighted by Gasteiger charge is 2.41. The van der Waals surface area contributed by atoms with Gasteiger partial charge in [-0.05, 0) is 61.5 Å². The van der Waals surface area contributed by atoms with Crippen molar-refractivity contribution in [3.05, 3.63) is 70.8 Å². The Kier molecular flexibility index (Phi) is 8.95. The Morgan fingerprint density at radius 2 is 1.29 bits per heavy atom. The number of hydrogen-bond acceptors (Lipinski definition) is 9. The van der Waals surface area contributed by atoms with Crippen LogP contribution in [-0.2, 0) is 9.47 Å². The highest BCUT2D eigenvalue weighted by Crippen LogP contribution is 2.44. The molecule has 11 nitrogen and oxygen atoms in total. The molecule has 2 aliphatic heterocycles. The third-order valence-corrected chi connectivity index (χ3v) is 7.82. The highest BCUT2D eigenvalue weighted by atomic mass is 16.6. The van der Waals surface area contributed by atoms with Crippen LogP contribution in [0.4, 0.5) is 11.4 Å². The first kappa shape index (κ1) is 31.7. The molecule has 11 heteroatoms. The van der Waals surface area contributed by atoms with E-state index in [0.717, 1.165) is 11.1 Å². The minimum absolute atomic E-state index is 0.00135. The number of benzene rings is 2. The van der Waals surface area contributed by atoms with Gasteiger partial charge in [0.2, 0.25) is 0 Å². The van der Waals surface area contributed by atoms with Crippen LogP contribution in [0.1, 0.15) is 69.6 Å². The van der Waals surface area contributed by atoms with Gasteiger partial charge >= 0.3 is 0 Å². The van der Waals surface area contributed by atoms with E-state index in [0.29, 0.717) is 51.5 Å². The summed E-state index contributed by atoms with van der Waals surface area (Å²) >= 11 is 0. The molecule has 0 amide bonds. The van der Waals surface area contributed by atoms with Gasteiger partial charge in [-0.2, -0.15) is 0 Å². The van der Waals surface area contributed by atoms with Gasteiger partial charge in [0.15, 0.2) is 5.78 Å². The number of nitro groups is 2. The molecule has 0 aliphatic carbocycles. The molecule has 4 rings (SSSR count). The second kappa shape index (κ2) is 11.6. The number of nitro benzene ring substituents is 2. The van der Waals surface area contributed by atoms with Gasteiger partial charge in [0.05, 0.1) is 35.0 Å². The van der Waals surface area contributed by atoms with Crippen molar-refractivity contribution in [2.75, 3.05) is 27.4 Å². The Morgan fingerprint density at radius 3 is 1.80 bits per heavy atom. The van der Waals surface area contributed by atoms with Crippen LogP contribution in [0.2, 0.25) is 0 Å². The van der Waals surface area contributed by atoms with E-state index < -0.39 is 16.1 Å². The van der Waals surface area contributed by atoms with Crippen LogP contribution in [0, 0.1) is 61.8 Å². The Balaban J connectivity index is 0.000000226. The summed E-state index contributed by atoms with van der Waals surface area (Å²) in [7, 11) is 3.17. The van der Waals surface area contributed by atoms with E-state index in [1.54, 1.807) is 48.8 Å². The quantitative estimate of drug-likeness (QED) is 0.292. The minimum Gasteiger partial charge on any atom is -0.484 e. The number of carbonyl (C=O) groups excluding carboxylic acids is 1. The highest BCUT2D eigenvalue weighted by molar-refractivity contribution is 6.03. The van der Waals surface area contributed by atoms with Crippen LogP contribution in [0.5, 0.6) is 11.5 Å². The maximum Gasteiger partial charge on any atom is 0.276 e. The van der Waals surface area contributed by atoms with Crippen LogP contribution in [0.25, 0.3) is 6.08 Å². The molecular formula is C30H38N2O9. The summed E-state index contributed by atoms with van der Waals surface area (Å²) in [4.78, 5) is 34.2. The lowest BCUT2D eigenvalue weighted by Gasteiger charge is -2.36. The first-order chi connectivity index (χ1) is 19.0. The fraction of sp³-hybridized carbons (Fsp3) is 0.500. The molecule has 2 aromatic rings. The molecule has 2 heterocycles. The predicted octanol–water partition coefficient (Wildman–Crippen LogP) is 6.22. The molecule has 2 aromatic carbocycles. The van der Waals surface area contributed by atoms with Gasteiger partial charge in [0, 0.05) is 53.2 Å². The molecule has 0 fully saturated rings. The van der Waals surface area contributed by atoms with E-state index >= 15 is 0 Å². The summed E-state index contributed by atoms with van der Waals surface area (Å²) in [6, 6.07) is 0. The Hall–Kier alpha value is -3.83. The van der Waals surface area contributed by atoms with Gasteiger partial charge in [-0.3, -0.25) is 25.0 Å². The molecule has 0 saturated carbocycles. The molecule has 41 heavy (non-hydrogen) atoms. The Labute approximate surface area is 239 Å². The van der Waals surface area contributed by atoms with E-state index in [2.05, 4.69) is 0 Å². The zero-order valence-electron chi connectivity index (χ0n) is 25.3. The summed E-state index contributed by atoms with van der Waals surface area (Å²) in [5, 5.41) is 22.5. The van der Waals surface area contributed by atoms with E-state index in [-0.39, 0.29) is 35.1 Å². The summed E-state index contributed by atoms with van der Waals surface area (Å²) < 4.78 is 22.3. The number of carbonyl (C=O) groups is 1. The van der Waals surface area contributed by atoms with Crippen LogP contribution < -0.4 is 9.47 Å². The fourth-order valence-corrected chi connectivity index (χ4v) is 5.56. The third kappa shape index (κ3) is 5.82. The molecule has 2 aliphatic rings. The number of rotatable bonds is 6. The van der Waals surface area contributed by atoms with Gasteiger partial charge in [-0.15, -0.1) is 0 Å². The molecule has 222 valence electrons. The minimum atomic E-state index is -0.737. The number of hydrogen-bond donors (Lipinski definition) is 0. The van der Waals surface area contributed by atoms with Crippen molar-refractivity contribution in [1.29, 1.82) is 0 Å². The molecule has 2 atom stereocenters.